The lowest BCUT2D eigenvalue weighted by atomic mass is 9.95. The van der Waals surface area contributed by atoms with Gasteiger partial charge in [0.2, 0.25) is 12.7 Å². The smallest absolute Gasteiger partial charge is 0.254 e. The minimum absolute atomic E-state index is 0.0552. The van der Waals surface area contributed by atoms with E-state index >= 15 is 0 Å². The summed E-state index contributed by atoms with van der Waals surface area (Å²) in [5, 5.41) is 2.95. The number of ether oxygens (including phenoxy) is 4. The zero-order chi connectivity index (χ0) is 23.4. The van der Waals surface area contributed by atoms with Crippen LogP contribution in [-0.4, -0.2) is 50.8 Å². The molecule has 8 heteroatoms. The second-order valence-corrected chi connectivity index (χ2v) is 7.99. The zero-order valence-electron chi connectivity index (χ0n) is 18.9. The monoisotopic (exact) mass is 452 g/mol. The van der Waals surface area contributed by atoms with Crippen molar-refractivity contribution in [1.82, 2.24) is 4.90 Å². The molecular weight excluding hydrogens is 424 g/mol. The van der Waals surface area contributed by atoms with Gasteiger partial charge in [-0.3, -0.25) is 9.59 Å². The average Bonchev–Trinajstić information content (AvgIpc) is 3.31. The Kier molecular flexibility index (Phi) is 6.72. The van der Waals surface area contributed by atoms with Gasteiger partial charge in [0.05, 0.1) is 14.2 Å². The van der Waals surface area contributed by atoms with Crippen molar-refractivity contribution in [1.29, 1.82) is 0 Å². The number of benzene rings is 2. The standard InChI is InChI=1S/C25H28N2O6/c1-4-5-17-12-18(13-22(30-2)23(17)31-3)25(29)27-10-8-16(9-11-27)24(28)26-19-6-7-20-21(14-19)33-15-32-20/h4,6-7,12-14,16H,1,5,8-11,15H2,2-3H3,(H,26,28). The molecule has 2 amide bonds. The van der Waals surface area contributed by atoms with Gasteiger partial charge in [-0.15, -0.1) is 6.58 Å². The Morgan fingerprint density at radius 1 is 1.12 bits per heavy atom. The van der Waals surface area contributed by atoms with Crippen molar-refractivity contribution < 1.29 is 28.5 Å². The van der Waals surface area contributed by atoms with Crippen molar-refractivity contribution in [2.24, 2.45) is 5.92 Å². The van der Waals surface area contributed by atoms with E-state index in [1.54, 1.807) is 49.5 Å². The molecule has 0 atom stereocenters. The van der Waals surface area contributed by atoms with E-state index in [0.717, 1.165) is 5.56 Å². The quantitative estimate of drug-likeness (QED) is 0.646. The number of nitrogens with zero attached hydrogens (tertiary/aromatic N) is 1. The minimum atomic E-state index is -0.166. The van der Waals surface area contributed by atoms with Crippen molar-refractivity contribution in [2.75, 3.05) is 39.4 Å². The van der Waals surface area contributed by atoms with Gasteiger partial charge in [-0.05, 0) is 43.5 Å². The van der Waals surface area contributed by atoms with E-state index in [-0.39, 0.29) is 24.5 Å². The number of likely N-dealkylation sites (tertiary alicyclic amines) is 1. The lowest BCUT2D eigenvalue weighted by molar-refractivity contribution is -0.121. The number of hydrogen-bond acceptors (Lipinski definition) is 6. The summed E-state index contributed by atoms with van der Waals surface area (Å²) in [6.45, 7) is 4.98. The van der Waals surface area contributed by atoms with E-state index in [0.29, 0.717) is 66.6 Å². The first-order valence-corrected chi connectivity index (χ1v) is 10.9. The second-order valence-electron chi connectivity index (χ2n) is 7.99. The van der Waals surface area contributed by atoms with Crippen LogP contribution in [0.25, 0.3) is 0 Å². The van der Waals surface area contributed by atoms with Gasteiger partial charge in [-0.25, -0.2) is 0 Å². The zero-order valence-corrected chi connectivity index (χ0v) is 18.9. The Bertz CT molecular complexity index is 1060. The summed E-state index contributed by atoms with van der Waals surface area (Å²) < 4.78 is 21.6. The molecule has 0 aromatic heterocycles. The van der Waals surface area contributed by atoms with Gasteiger partial charge < -0.3 is 29.2 Å². The summed E-state index contributed by atoms with van der Waals surface area (Å²) in [5.41, 5.74) is 2.05. The fourth-order valence-electron chi connectivity index (χ4n) is 4.22. The van der Waals surface area contributed by atoms with E-state index in [1.165, 1.54) is 0 Å². The Morgan fingerprint density at radius 2 is 1.88 bits per heavy atom. The number of anilines is 1. The first-order valence-electron chi connectivity index (χ1n) is 10.9. The van der Waals surface area contributed by atoms with Crippen LogP contribution < -0.4 is 24.3 Å². The molecule has 1 saturated heterocycles. The van der Waals surface area contributed by atoms with Crippen LogP contribution in [-0.2, 0) is 11.2 Å². The summed E-state index contributed by atoms with van der Waals surface area (Å²) >= 11 is 0. The molecule has 174 valence electrons. The molecule has 8 nitrogen and oxygen atoms in total. The fraction of sp³-hybridized carbons (Fsp3) is 0.360. The second kappa shape index (κ2) is 9.85. The molecule has 0 spiro atoms. The molecule has 33 heavy (non-hydrogen) atoms. The minimum Gasteiger partial charge on any atom is -0.493 e. The molecule has 2 aromatic rings. The third kappa shape index (κ3) is 4.74. The van der Waals surface area contributed by atoms with Gasteiger partial charge in [0, 0.05) is 41.9 Å². The number of hydrogen-bond donors (Lipinski definition) is 1. The number of carbonyl (C=O) groups is 2. The first kappa shape index (κ1) is 22.5. The molecule has 1 fully saturated rings. The fourth-order valence-corrected chi connectivity index (χ4v) is 4.22. The maximum absolute atomic E-state index is 13.2. The van der Waals surface area contributed by atoms with Crippen LogP contribution in [0.2, 0.25) is 0 Å². The van der Waals surface area contributed by atoms with Crippen LogP contribution in [0.5, 0.6) is 23.0 Å². The number of fused-ring (bicyclic) bond motifs is 1. The number of rotatable bonds is 7. The Balaban J connectivity index is 1.39. The van der Waals surface area contributed by atoms with Crippen molar-refractivity contribution in [2.45, 2.75) is 19.3 Å². The van der Waals surface area contributed by atoms with Crippen molar-refractivity contribution in [3.63, 3.8) is 0 Å². The third-order valence-electron chi connectivity index (χ3n) is 5.96. The van der Waals surface area contributed by atoms with Crippen molar-refractivity contribution >= 4 is 17.5 Å². The summed E-state index contributed by atoms with van der Waals surface area (Å²) in [5.74, 6) is 2.11. The van der Waals surface area contributed by atoms with E-state index in [9.17, 15) is 9.59 Å². The van der Waals surface area contributed by atoms with Crippen LogP contribution >= 0.6 is 0 Å². The number of allylic oxidation sites excluding steroid dienone is 1. The molecule has 0 radical (unpaired) electrons. The highest BCUT2D eigenvalue weighted by molar-refractivity contribution is 5.96. The Labute approximate surface area is 193 Å². The highest BCUT2D eigenvalue weighted by atomic mass is 16.7. The van der Waals surface area contributed by atoms with Crippen LogP contribution in [0, 0.1) is 5.92 Å². The number of nitrogens with one attached hydrogen (secondary N) is 1. The van der Waals surface area contributed by atoms with Crippen LogP contribution in [0.3, 0.4) is 0 Å². The maximum atomic E-state index is 13.2. The molecule has 0 bridgehead atoms. The third-order valence-corrected chi connectivity index (χ3v) is 5.96. The van der Waals surface area contributed by atoms with Crippen LogP contribution in [0.15, 0.2) is 43.0 Å². The van der Waals surface area contributed by atoms with E-state index in [1.807, 2.05) is 6.07 Å². The maximum Gasteiger partial charge on any atom is 0.254 e. The largest absolute Gasteiger partial charge is 0.493 e. The molecule has 0 saturated carbocycles. The summed E-state index contributed by atoms with van der Waals surface area (Å²) in [6, 6.07) is 8.86. The lowest BCUT2D eigenvalue weighted by Gasteiger charge is -2.31. The summed E-state index contributed by atoms with van der Waals surface area (Å²) in [7, 11) is 3.12. The highest BCUT2D eigenvalue weighted by Crippen LogP contribution is 2.35. The van der Waals surface area contributed by atoms with E-state index < -0.39 is 0 Å². The molecule has 1 N–H and O–H groups in total. The molecule has 0 aliphatic carbocycles. The summed E-state index contributed by atoms with van der Waals surface area (Å²) in [6.07, 6.45) is 3.50. The summed E-state index contributed by atoms with van der Waals surface area (Å²) in [4.78, 5) is 27.7. The van der Waals surface area contributed by atoms with Crippen molar-refractivity contribution in [3.8, 4) is 23.0 Å². The topological polar surface area (TPSA) is 86.3 Å². The predicted octanol–water partition coefficient (Wildman–Crippen LogP) is 3.65. The number of methoxy groups -OCH3 is 2. The molecule has 2 aromatic carbocycles. The Hall–Kier alpha value is -3.68. The van der Waals surface area contributed by atoms with Crippen molar-refractivity contribution in [3.05, 3.63) is 54.1 Å². The Morgan fingerprint density at radius 3 is 2.58 bits per heavy atom. The van der Waals surface area contributed by atoms with Gasteiger partial charge >= 0.3 is 0 Å². The van der Waals surface area contributed by atoms with E-state index in [4.69, 9.17) is 18.9 Å². The van der Waals surface area contributed by atoms with E-state index in [2.05, 4.69) is 11.9 Å². The average molecular weight is 453 g/mol. The van der Waals surface area contributed by atoms with Gasteiger partial charge in [0.15, 0.2) is 23.0 Å². The SMILES string of the molecule is C=CCc1cc(C(=O)N2CCC(C(=O)Nc3ccc4c(c3)OCO4)CC2)cc(OC)c1OC. The lowest BCUT2D eigenvalue weighted by Crippen LogP contribution is -2.41. The molecular formula is C25H28N2O6. The highest BCUT2D eigenvalue weighted by Gasteiger charge is 2.29. The molecule has 2 aliphatic rings. The molecule has 0 unspecified atom stereocenters. The van der Waals surface area contributed by atoms with Gasteiger partial charge in [-0.1, -0.05) is 6.08 Å². The van der Waals surface area contributed by atoms with Gasteiger partial charge in [0.25, 0.3) is 5.91 Å². The molecule has 2 aliphatic heterocycles. The van der Waals surface area contributed by atoms with Crippen LogP contribution in [0.4, 0.5) is 5.69 Å². The molecule has 4 rings (SSSR count). The van der Waals surface area contributed by atoms with Crippen LogP contribution in [0.1, 0.15) is 28.8 Å². The number of amides is 2. The first-order chi connectivity index (χ1) is 16.0. The van der Waals surface area contributed by atoms with Gasteiger partial charge in [0.1, 0.15) is 0 Å². The predicted molar refractivity (Wildman–Crippen MR) is 123 cm³/mol. The molecule has 2 heterocycles. The van der Waals surface area contributed by atoms with Gasteiger partial charge in [-0.2, -0.15) is 0 Å². The normalized spacial score (nSPS) is 15.2. The number of piperidine rings is 1. The number of carbonyl (C=O) groups excluding carboxylic acids is 2.